The number of aromatic nitrogens is 2. The Morgan fingerprint density at radius 2 is 1.55 bits per heavy atom. The number of carbonyl (C=O) groups is 1. The molecule has 49 heavy (non-hydrogen) atoms. The van der Waals surface area contributed by atoms with Crippen LogP contribution in [0.2, 0.25) is 36.3 Å². The van der Waals surface area contributed by atoms with Crippen molar-refractivity contribution in [1.29, 1.82) is 0 Å². The molecule has 256 valence electrons. The summed E-state index contributed by atoms with van der Waals surface area (Å²) in [5.74, 6) is 1.17. The quantitative estimate of drug-likeness (QED) is 0.136. The van der Waals surface area contributed by atoms with Crippen LogP contribution in [0.5, 0.6) is 5.75 Å². The second kappa shape index (κ2) is 13.2. The van der Waals surface area contributed by atoms with Crippen molar-refractivity contribution in [2.75, 3.05) is 5.32 Å². The number of hydrogen-bond donors (Lipinski definition) is 2. The van der Waals surface area contributed by atoms with E-state index in [1.54, 1.807) is 40.2 Å². The number of anilines is 1. The van der Waals surface area contributed by atoms with Gasteiger partial charge in [-0.05, 0) is 95.6 Å². The second-order valence-corrected chi connectivity index (χ2v) is 27.8. The molecule has 6 rings (SSSR count). The molecular formula is C38H45N3O3S3Si2. The van der Waals surface area contributed by atoms with E-state index in [4.69, 9.17) is 14.4 Å². The standard InChI is InChI=1S/C38H45N3O3S3Si2/c1-37(2,3)49(8,9)44-27-16-14-26(15-17-27)28-23-39-36(33(40-28)30-21-31-35(47-30)34-29(46-31)18-19-45-34)41-32(42)20-24-10-12-25(13-11-24)22-38(4,5)48(6,7)43/h10-19,21,23,43H,20,22H2,1-9H3,(H,39,41,42). The maximum Gasteiger partial charge on any atom is 0.250 e. The number of fused-ring (bicyclic) bond motifs is 3. The minimum absolute atomic E-state index is 0.106. The number of amides is 1. The first-order chi connectivity index (χ1) is 22.9. The van der Waals surface area contributed by atoms with Crippen LogP contribution in [0.25, 0.3) is 40.6 Å². The smallest absolute Gasteiger partial charge is 0.250 e. The topological polar surface area (TPSA) is 84.3 Å². The lowest BCUT2D eigenvalue weighted by Gasteiger charge is -2.36. The van der Waals surface area contributed by atoms with Gasteiger partial charge >= 0.3 is 0 Å². The molecule has 0 radical (unpaired) electrons. The number of rotatable bonds is 10. The van der Waals surface area contributed by atoms with Gasteiger partial charge < -0.3 is 14.5 Å². The number of nitrogens with zero attached hydrogens (tertiary/aromatic N) is 2. The van der Waals surface area contributed by atoms with E-state index in [0.717, 1.165) is 39.4 Å². The van der Waals surface area contributed by atoms with Gasteiger partial charge in [-0.1, -0.05) is 58.9 Å². The number of nitrogens with one attached hydrogen (secondary N) is 1. The summed E-state index contributed by atoms with van der Waals surface area (Å²) in [6, 6.07) is 20.6. The van der Waals surface area contributed by atoms with Gasteiger partial charge in [0.1, 0.15) is 11.4 Å². The van der Waals surface area contributed by atoms with Gasteiger partial charge in [-0.3, -0.25) is 4.79 Å². The third kappa shape index (κ3) is 7.62. The Morgan fingerprint density at radius 3 is 2.20 bits per heavy atom. The molecule has 2 N–H and O–H groups in total. The summed E-state index contributed by atoms with van der Waals surface area (Å²) in [4.78, 5) is 35.0. The Morgan fingerprint density at radius 1 is 0.878 bits per heavy atom. The lowest BCUT2D eigenvalue weighted by Crippen LogP contribution is -2.43. The van der Waals surface area contributed by atoms with Crippen LogP contribution >= 0.6 is 34.0 Å². The van der Waals surface area contributed by atoms with Crippen molar-refractivity contribution in [3.05, 3.63) is 83.4 Å². The predicted octanol–water partition coefficient (Wildman–Crippen LogP) is 11.4. The van der Waals surface area contributed by atoms with Crippen molar-refractivity contribution in [1.82, 2.24) is 9.97 Å². The zero-order valence-corrected chi connectivity index (χ0v) is 34.2. The van der Waals surface area contributed by atoms with E-state index in [1.807, 2.05) is 49.5 Å². The molecular weight excluding hydrogens is 699 g/mol. The van der Waals surface area contributed by atoms with Crippen molar-refractivity contribution in [3.8, 4) is 27.6 Å². The lowest BCUT2D eigenvalue weighted by atomic mass is 10.00. The molecule has 0 saturated heterocycles. The van der Waals surface area contributed by atoms with Crippen LogP contribution in [0.3, 0.4) is 0 Å². The highest BCUT2D eigenvalue weighted by Crippen LogP contribution is 2.46. The SMILES string of the molecule is CC(C)(Cc1ccc(CC(=O)Nc2ncc(-c3ccc(O[Si](C)(C)C(C)(C)C)cc3)nc2-c2cc3sc4ccsc4c3s2)cc1)[Si](C)(C)O. The van der Waals surface area contributed by atoms with Crippen molar-refractivity contribution in [3.63, 3.8) is 0 Å². The molecule has 1 amide bonds. The summed E-state index contributed by atoms with van der Waals surface area (Å²) in [7, 11) is -4.29. The van der Waals surface area contributed by atoms with E-state index < -0.39 is 16.6 Å². The van der Waals surface area contributed by atoms with E-state index in [-0.39, 0.29) is 22.4 Å². The van der Waals surface area contributed by atoms with Crippen LogP contribution in [0.4, 0.5) is 5.82 Å². The molecule has 0 fully saturated rings. The highest BCUT2D eigenvalue weighted by Gasteiger charge is 2.39. The minimum Gasteiger partial charge on any atom is -0.544 e. The van der Waals surface area contributed by atoms with Gasteiger partial charge in [0, 0.05) is 15.0 Å². The first-order valence-corrected chi connectivity index (χ1v) is 24.9. The summed E-state index contributed by atoms with van der Waals surface area (Å²) in [5, 5.41) is 5.17. The Bertz CT molecular complexity index is 2120. The number of hydrogen-bond acceptors (Lipinski definition) is 8. The zero-order valence-electron chi connectivity index (χ0n) is 29.7. The summed E-state index contributed by atoms with van der Waals surface area (Å²) in [6.07, 6.45) is 2.75. The fraction of sp³-hybridized carbons (Fsp3) is 0.342. The highest BCUT2D eigenvalue weighted by atomic mass is 32.1. The Kier molecular flexibility index (Phi) is 9.57. The molecule has 0 atom stereocenters. The molecule has 4 aromatic heterocycles. The zero-order chi connectivity index (χ0) is 35.4. The molecule has 2 aromatic carbocycles. The monoisotopic (exact) mass is 743 g/mol. The van der Waals surface area contributed by atoms with Crippen LogP contribution in [0.1, 0.15) is 45.7 Å². The van der Waals surface area contributed by atoms with E-state index in [1.165, 1.54) is 18.8 Å². The Hall–Kier alpha value is -3.20. The van der Waals surface area contributed by atoms with E-state index in [2.05, 4.69) is 82.7 Å². The van der Waals surface area contributed by atoms with Crippen LogP contribution in [-0.2, 0) is 17.6 Å². The third-order valence-corrected chi connectivity index (χ3v) is 21.5. The molecule has 0 bridgehead atoms. The largest absolute Gasteiger partial charge is 0.544 e. The van der Waals surface area contributed by atoms with Gasteiger partial charge in [-0.2, -0.15) is 0 Å². The molecule has 4 heterocycles. The van der Waals surface area contributed by atoms with E-state index >= 15 is 0 Å². The average Bonchev–Trinajstić information content (AvgIpc) is 3.71. The Labute approximate surface area is 303 Å². The van der Waals surface area contributed by atoms with Crippen molar-refractivity contribution < 1.29 is 14.0 Å². The normalized spacial score (nSPS) is 12.9. The van der Waals surface area contributed by atoms with Gasteiger partial charge in [0.25, 0.3) is 0 Å². The molecule has 0 saturated carbocycles. The minimum atomic E-state index is -2.32. The van der Waals surface area contributed by atoms with Gasteiger partial charge in [0.05, 0.1) is 32.6 Å². The number of benzene rings is 2. The molecule has 0 aliphatic rings. The fourth-order valence-corrected chi connectivity index (χ4v) is 10.6. The summed E-state index contributed by atoms with van der Waals surface area (Å²) in [6.45, 7) is 19.4. The lowest BCUT2D eigenvalue weighted by molar-refractivity contribution is -0.115. The second-order valence-electron chi connectivity index (χ2n) is 15.5. The van der Waals surface area contributed by atoms with Crippen molar-refractivity contribution in [2.24, 2.45) is 0 Å². The van der Waals surface area contributed by atoms with Crippen LogP contribution in [0, 0.1) is 0 Å². The summed E-state index contributed by atoms with van der Waals surface area (Å²) >= 11 is 5.23. The van der Waals surface area contributed by atoms with Gasteiger partial charge in [0.15, 0.2) is 14.1 Å². The maximum absolute atomic E-state index is 13.4. The molecule has 11 heteroatoms. The molecule has 6 nitrogen and oxygen atoms in total. The van der Waals surface area contributed by atoms with E-state index in [0.29, 0.717) is 11.5 Å². The first kappa shape index (κ1) is 35.6. The van der Waals surface area contributed by atoms with Crippen LogP contribution in [-0.4, -0.2) is 37.3 Å². The highest BCUT2D eigenvalue weighted by molar-refractivity contribution is 7.39. The van der Waals surface area contributed by atoms with Gasteiger partial charge in [-0.15, -0.1) is 34.0 Å². The third-order valence-electron chi connectivity index (χ3n) is 10.0. The maximum atomic E-state index is 13.4. The molecule has 6 aromatic rings. The molecule has 0 spiro atoms. The summed E-state index contributed by atoms with van der Waals surface area (Å²) in [5.41, 5.74) is 4.41. The van der Waals surface area contributed by atoms with E-state index in [9.17, 15) is 9.59 Å². The van der Waals surface area contributed by atoms with Gasteiger partial charge in [-0.25, -0.2) is 9.97 Å². The first-order valence-electron chi connectivity index (χ1n) is 16.6. The average molecular weight is 744 g/mol. The Balaban J connectivity index is 1.26. The number of thiophene rings is 3. The molecule has 0 aliphatic carbocycles. The molecule has 0 aliphatic heterocycles. The van der Waals surface area contributed by atoms with Crippen molar-refractivity contribution in [2.45, 2.75) is 83.7 Å². The fourth-order valence-electron chi connectivity index (χ4n) is 5.18. The predicted molar refractivity (Wildman–Crippen MR) is 216 cm³/mol. The number of carbonyl (C=O) groups excluding carboxylic acids is 1. The van der Waals surface area contributed by atoms with Gasteiger partial charge in [0.2, 0.25) is 14.2 Å². The van der Waals surface area contributed by atoms with Crippen LogP contribution in [0.15, 0.2) is 72.2 Å². The molecule has 0 unspecified atom stereocenters. The summed E-state index contributed by atoms with van der Waals surface area (Å²) < 4.78 is 11.6. The van der Waals surface area contributed by atoms with Crippen molar-refractivity contribution >= 4 is 81.2 Å². The van der Waals surface area contributed by atoms with Crippen LogP contribution < -0.4 is 9.74 Å².